The van der Waals surface area contributed by atoms with Gasteiger partial charge in [0.05, 0.1) is 12.1 Å². The predicted octanol–water partition coefficient (Wildman–Crippen LogP) is 2.29. The Hall–Kier alpha value is -2.74. The molecule has 0 aliphatic heterocycles. The molecule has 124 valence electrons. The highest BCUT2D eigenvalue weighted by Gasteiger charge is 2.14. The van der Waals surface area contributed by atoms with Gasteiger partial charge in [0.1, 0.15) is 0 Å². The molecular formula is C16H17N5O2S. The summed E-state index contributed by atoms with van der Waals surface area (Å²) < 4.78 is 2.35. The van der Waals surface area contributed by atoms with Gasteiger partial charge < -0.3 is 14.9 Å². The molecule has 0 radical (unpaired) electrons. The number of carbonyl (C=O) groups is 1. The Kier molecular flexibility index (Phi) is 4.30. The number of aromatic amines is 2. The summed E-state index contributed by atoms with van der Waals surface area (Å²) in [7, 11) is 0. The zero-order chi connectivity index (χ0) is 17.3. The Morgan fingerprint density at radius 1 is 1.38 bits per heavy atom. The molecule has 0 fully saturated rings. The van der Waals surface area contributed by atoms with Crippen molar-refractivity contribution >= 4 is 29.0 Å². The summed E-state index contributed by atoms with van der Waals surface area (Å²) in [6, 6.07) is 8.62. The van der Waals surface area contributed by atoms with Gasteiger partial charge in [-0.3, -0.25) is 14.7 Å². The lowest BCUT2D eigenvalue weighted by molar-refractivity contribution is 0.0950. The van der Waals surface area contributed by atoms with Crippen LogP contribution in [-0.2, 0) is 6.54 Å². The Bertz CT molecular complexity index is 1010. The van der Waals surface area contributed by atoms with Crippen LogP contribution in [0.3, 0.4) is 0 Å². The third kappa shape index (κ3) is 3.00. The number of aromatic nitrogens is 4. The number of carbonyl (C=O) groups excluding carboxylic acids is 1. The van der Waals surface area contributed by atoms with Gasteiger partial charge in [0, 0.05) is 23.0 Å². The molecular weight excluding hydrogens is 326 g/mol. The first-order chi connectivity index (χ1) is 11.5. The molecule has 0 saturated carbocycles. The van der Waals surface area contributed by atoms with Crippen molar-refractivity contribution in [2.24, 2.45) is 0 Å². The fourth-order valence-corrected chi connectivity index (χ4v) is 3.00. The van der Waals surface area contributed by atoms with E-state index in [2.05, 4.69) is 20.5 Å². The summed E-state index contributed by atoms with van der Waals surface area (Å²) in [5, 5.41) is 10.4. The van der Waals surface area contributed by atoms with Gasteiger partial charge in [-0.25, -0.2) is 0 Å². The topological polar surface area (TPSA) is 95.6 Å². The van der Waals surface area contributed by atoms with E-state index >= 15 is 0 Å². The SMILES string of the molecule is CC(C)n1c(CNC(=O)c2cc(=O)[nH]c3ccccc23)n[nH]c1=S. The number of nitrogens with zero attached hydrogens (tertiary/aromatic N) is 2. The van der Waals surface area contributed by atoms with E-state index < -0.39 is 0 Å². The number of para-hydroxylation sites is 1. The first kappa shape index (κ1) is 16.1. The normalized spacial score (nSPS) is 11.1. The highest BCUT2D eigenvalue weighted by Crippen LogP contribution is 2.15. The van der Waals surface area contributed by atoms with Crippen LogP contribution >= 0.6 is 12.2 Å². The van der Waals surface area contributed by atoms with Crippen molar-refractivity contribution in [3.63, 3.8) is 0 Å². The lowest BCUT2D eigenvalue weighted by atomic mass is 10.1. The quantitative estimate of drug-likeness (QED) is 0.633. The first-order valence-corrected chi connectivity index (χ1v) is 7.94. The zero-order valence-electron chi connectivity index (χ0n) is 13.3. The minimum atomic E-state index is -0.332. The van der Waals surface area contributed by atoms with E-state index in [4.69, 9.17) is 12.2 Å². The maximum absolute atomic E-state index is 12.5. The van der Waals surface area contributed by atoms with Gasteiger partial charge in [-0.05, 0) is 32.1 Å². The van der Waals surface area contributed by atoms with E-state index in [1.54, 1.807) is 18.2 Å². The maximum atomic E-state index is 12.5. The number of hydrogen-bond donors (Lipinski definition) is 3. The standard InChI is InChI=1S/C16H17N5O2S/c1-9(2)21-13(19-20-16(21)24)8-17-15(23)11-7-14(22)18-12-6-4-3-5-10(11)12/h3-7,9H,8H2,1-2H3,(H,17,23)(H,18,22)(H,20,24). The van der Waals surface area contributed by atoms with Crippen LogP contribution in [0.4, 0.5) is 0 Å². The molecule has 7 nitrogen and oxygen atoms in total. The molecule has 3 rings (SSSR count). The van der Waals surface area contributed by atoms with Crippen molar-refractivity contribution in [1.29, 1.82) is 0 Å². The van der Waals surface area contributed by atoms with Crippen LogP contribution in [-0.4, -0.2) is 25.7 Å². The van der Waals surface area contributed by atoms with Crippen LogP contribution < -0.4 is 10.9 Å². The Morgan fingerprint density at radius 2 is 2.12 bits per heavy atom. The van der Waals surface area contributed by atoms with Gasteiger partial charge >= 0.3 is 0 Å². The van der Waals surface area contributed by atoms with Crippen LogP contribution in [0.15, 0.2) is 35.1 Å². The molecule has 2 heterocycles. The molecule has 0 unspecified atom stereocenters. The molecule has 0 aliphatic carbocycles. The number of hydrogen-bond acceptors (Lipinski definition) is 4. The zero-order valence-corrected chi connectivity index (χ0v) is 14.1. The van der Waals surface area contributed by atoms with Gasteiger partial charge in [0.2, 0.25) is 5.56 Å². The fourth-order valence-electron chi connectivity index (χ4n) is 2.64. The molecule has 0 saturated heterocycles. The van der Waals surface area contributed by atoms with Crippen molar-refractivity contribution in [1.82, 2.24) is 25.1 Å². The molecule has 2 aromatic heterocycles. The molecule has 24 heavy (non-hydrogen) atoms. The van der Waals surface area contributed by atoms with Crippen molar-refractivity contribution in [2.45, 2.75) is 26.4 Å². The minimum Gasteiger partial charge on any atom is -0.345 e. The molecule has 3 N–H and O–H groups in total. The Balaban J connectivity index is 1.89. The van der Waals surface area contributed by atoms with Crippen LogP contribution in [0.5, 0.6) is 0 Å². The lowest BCUT2D eigenvalue weighted by Gasteiger charge is -2.11. The van der Waals surface area contributed by atoms with Crippen molar-refractivity contribution in [2.75, 3.05) is 0 Å². The second kappa shape index (κ2) is 6.40. The van der Waals surface area contributed by atoms with E-state index in [-0.39, 0.29) is 24.1 Å². The lowest BCUT2D eigenvalue weighted by Crippen LogP contribution is -2.26. The summed E-state index contributed by atoms with van der Waals surface area (Å²) in [5.41, 5.74) is 0.642. The smallest absolute Gasteiger partial charge is 0.252 e. The summed E-state index contributed by atoms with van der Waals surface area (Å²) in [5.74, 6) is 0.305. The number of H-pyrrole nitrogens is 2. The van der Waals surface area contributed by atoms with Crippen molar-refractivity contribution in [3.05, 3.63) is 56.8 Å². The molecule has 0 bridgehead atoms. The number of pyridine rings is 1. The van der Waals surface area contributed by atoms with Crippen LogP contribution in [0.2, 0.25) is 0 Å². The number of benzene rings is 1. The molecule has 8 heteroatoms. The predicted molar refractivity (Wildman–Crippen MR) is 93.5 cm³/mol. The monoisotopic (exact) mass is 343 g/mol. The number of rotatable bonds is 4. The Morgan fingerprint density at radius 3 is 2.88 bits per heavy atom. The second-order valence-electron chi connectivity index (χ2n) is 5.68. The van der Waals surface area contributed by atoms with Crippen LogP contribution in [0, 0.1) is 4.77 Å². The summed E-state index contributed by atoms with van der Waals surface area (Å²) in [6.07, 6.45) is 0. The van der Waals surface area contributed by atoms with E-state index in [9.17, 15) is 9.59 Å². The second-order valence-corrected chi connectivity index (χ2v) is 6.07. The average molecular weight is 343 g/mol. The third-order valence-electron chi connectivity index (χ3n) is 3.70. The average Bonchev–Trinajstić information content (AvgIpc) is 2.92. The molecule has 0 spiro atoms. The minimum absolute atomic E-state index is 0.128. The largest absolute Gasteiger partial charge is 0.345 e. The number of nitrogens with one attached hydrogen (secondary N) is 3. The third-order valence-corrected chi connectivity index (χ3v) is 3.98. The van der Waals surface area contributed by atoms with E-state index in [1.807, 2.05) is 24.5 Å². The van der Waals surface area contributed by atoms with Gasteiger partial charge in [0.15, 0.2) is 10.6 Å². The maximum Gasteiger partial charge on any atom is 0.252 e. The van der Waals surface area contributed by atoms with Gasteiger partial charge in [-0.15, -0.1) is 0 Å². The van der Waals surface area contributed by atoms with Gasteiger partial charge in [-0.2, -0.15) is 5.10 Å². The fraction of sp³-hybridized carbons (Fsp3) is 0.250. The van der Waals surface area contributed by atoms with Gasteiger partial charge in [-0.1, -0.05) is 18.2 Å². The molecule has 1 aromatic carbocycles. The summed E-state index contributed by atoms with van der Waals surface area (Å²) in [6.45, 7) is 4.19. The van der Waals surface area contributed by atoms with E-state index in [1.165, 1.54) is 6.07 Å². The molecule has 0 aliphatic rings. The summed E-state index contributed by atoms with van der Waals surface area (Å²) >= 11 is 5.19. The summed E-state index contributed by atoms with van der Waals surface area (Å²) in [4.78, 5) is 27.0. The molecule has 3 aromatic rings. The van der Waals surface area contributed by atoms with Crippen LogP contribution in [0.1, 0.15) is 36.1 Å². The first-order valence-electron chi connectivity index (χ1n) is 7.53. The number of fused-ring (bicyclic) bond motifs is 1. The molecule has 0 atom stereocenters. The van der Waals surface area contributed by atoms with E-state index in [0.717, 1.165) is 0 Å². The van der Waals surface area contributed by atoms with E-state index in [0.29, 0.717) is 27.1 Å². The molecule has 1 amide bonds. The van der Waals surface area contributed by atoms with Crippen molar-refractivity contribution < 1.29 is 4.79 Å². The van der Waals surface area contributed by atoms with Crippen LogP contribution in [0.25, 0.3) is 10.9 Å². The highest BCUT2D eigenvalue weighted by atomic mass is 32.1. The van der Waals surface area contributed by atoms with Crippen molar-refractivity contribution in [3.8, 4) is 0 Å². The Labute approximate surface area is 142 Å². The highest BCUT2D eigenvalue weighted by molar-refractivity contribution is 7.71. The van der Waals surface area contributed by atoms with Gasteiger partial charge in [0.25, 0.3) is 5.91 Å². The number of amides is 1.